The summed E-state index contributed by atoms with van der Waals surface area (Å²) >= 11 is 0. The molecule has 0 unspecified atom stereocenters. The molecular formula is C30H46N8O6. The maximum Gasteiger partial charge on any atom is 0.407 e. The lowest BCUT2D eigenvalue weighted by Crippen LogP contribution is -2.47. The molecule has 2 fully saturated rings. The van der Waals surface area contributed by atoms with Crippen LogP contribution in [0.5, 0.6) is 0 Å². The average Bonchev–Trinajstić information content (AvgIpc) is 3.82. The van der Waals surface area contributed by atoms with E-state index in [1.807, 2.05) is 13.8 Å². The predicted octanol–water partition coefficient (Wildman–Crippen LogP) is 3.96. The van der Waals surface area contributed by atoms with E-state index >= 15 is 0 Å². The molecule has 14 nitrogen and oxygen atoms in total. The van der Waals surface area contributed by atoms with E-state index in [1.54, 1.807) is 36.0 Å². The second-order valence-corrected chi connectivity index (χ2v) is 11.5. The molecule has 2 saturated heterocycles. The van der Waals surface area contributed by atoms with Crippen molar-refractivity contribution in [1.82, 2.24) is 40.4 Å². The molecule has 4 amide bonds. The summed E-state index contributed by atoms with van der Waals surface area (Å²) in [5.74, 6) is 0.933. The molecule has 2 aromatic heterocycles. The van der Waals surface area contributed by atoms with Crippen LogP contribution in [0.25, 0.3) is 11.4 Å². The highest BCUT2D eigenvalue weighted by molar-refractivity contribution is 5.86. The number of aromatic amines is 2. The summed E-state index contributed by atoms with van der Waals surface area (Å²) in [6.07, 6.45) is 8.73. The van der Waals surface area contributed by atoms with Crippen molar-refractivity contribution >= 4 is 24.0 Å². The Bertz CT molecular complexity index is 1180. The fourth-order valence-corrected chi connectivity index (χ4v) is 5.59. The van der Waals surface area contributed by atoms with Crippen molar-refractivity contribution in [3.63, 3.8) is 0 Å². The molecular weight excluding hydrogens is 568 g/mol. The van der Waals surface area contributed by atoms with Gasteiger partial charge in [-0.05, 0) is 52.4 Å². The molecule has 4 atom stereocenters. The maximum absolute atomic E-state index is 13.2. The molecule has 44 heavy (non-hydrogen) atoms. The molecule has 0 saturated carbocycles. The zero-order valence-electron chi connectivity index (χ0n) is 26.2. The van der Waals surface area contributed by atoms with Gasteiger partial charge in [0.25, 0.3) is 0 Å². The first kappa shape index (κ1) is 32.8. The molecule has 4 heterocycles. The highest BCUT2D eigenvalue weighted by atomic mass is 16.6. The fraction of sp³-hybridized carbons (Fsp3) is 0.667. The molecule has 0 aromatic carbocycles. The van der Waals surface area contributed by atoms with Crippen molar-refractivity contribution in [2.24, 2.45) is 0 Å². The Morgan fingerprint density at radius 3 is 1.59 bits per heavy atom. The van der Waals surface area contributed by atoms with Gasteiger partial charge in [0.15, 0.2) is 0 Å². The number of H-pyrrole nitrogens is 2. The van der Waals surface area contributed by atoms with Crippen molar-refractivity contribution in [2.75, 3.05) is 26.3 Å². The van der Waals surface area contributed by atoms with Gasteiger partial charge in [-0.25, -0.2) is 19.6 Å². The van der Waals surface area contributed by atoms with Crippen molar-refractivity contribution in [1.29, 1.82) is 0 Å². The highest BCUT2D eigenvalue weighted by Crippen LogP contribution is 2.34. The molecule has 4 rings (SSSR count). The summed E-state index contributed by atoms with van der Waals surface area (Å²) < 4.78 is 10.3. The summed E-state index contributed by atoms with van der Waals surface area (Å²) in [4.78, 5) is 69.9. The minimum absolute atomic E-state index is 0.189. The Morgan fingerprint density at radius 2 is 1.20 bits per heavy atom. The molecule has 4 N–H and O–H groups in total. The second-order valence-electron chi connectivity index (χ2n) is 11.5. The van der Waals surface area contributed by atoms with Gasteiger partial charge in [0.1, 0.15) is 23.7 Å². The first-order valence-corrected chi connectivity index (χ1v) is 15.8. The number of alkyl carbamates (subject to hydrolysis) is 2. The summed E-state index contributed by atoms with van der Waals surface area (Å²) in [6.45, 7) is 9.12. The van der Waals surface area contributed by atoms with E-state index in [9.17, 15) is 19.2 Å². The van der Waals surface area contributed by atoms with Crippen LogP contribution >= 0.6 is 0 Å². The summed E-state index contributed by atoms with van der Waals surface area (Å²) in [6, 6.07) is -1.94. The Labute approximate surface area is 258 Å². The number of likely N-dealkylation sites (tertiary alicyclic amines) is 2. The summed E-state index contributed by atoms with van der Waals surface area (Å²) in [7, 11) is 0. The lowest BCUT2D eigenvalue weighted by molar-refractivity contribution is -0.134. The van der Waals surface area contributed by atoms with Crippen LogP contribution in [-0.2, 0) is 19.1 Å². The predicted molar refractivity (Wildman–Crippen MR) is 161 cm³/mol. The number of carbonyl (C=O) groups is 4. The quantitative estimate of drug-likeness (QED) is 0.245. The SMILES string of the molecule is CCCCOC(=O)N[C@@H](C)C(=O)N1CCC[C@H]1c1ncc(-c2cnc([C@@H]3CCCN3C(=O)[C@H](C)NC(=O)OCCCC)[nH]2)[nH]1. The Kier molecular flexibility index (Phi) is 11.6. The van der Waals surface area contributed by atoms with Gasteiger partial charge >= 0.3 is 12.2 Å². The monoisotopic (exact) mass is 614 g/mol. The minimum atomic E-state index is -0.726. The number of rotatable bonds is 13. The maximum atomic E-state index is 13.2. The number of aromatic nitrogens is 4. The molecule has 2 aliphatic heterocycles. The third-order valence-electron chi connectivity index (χ3n) is 8.06. The summed E-state index contributed by atoms with van der Waals surface area (Å²) in [5.41, 5.74) is 1.42. The van der Waals surface area contributed by atoms with Crippen LogP contribution in [0.1, 0.15) is 103 Å². The van der Waals surface area contributed by atoms with E-state index in [2.05, 4.69) is 30.6 Å². The topological polar surface area (TPSA) is 175 Å². The van der Waals surface area contributed by atoms with E-state index in [0.717, 1.165) is 51.4 Å². The normalized spacial score (nSPS) is 19.5. The average molecular weight is 615 g/mol. The van der Waals surface area contributed by atoms with Crippen LogP contribution in [0.15, 0.2) is 12.4 Å². The van der Waals surface area contributed by atoms with Crippen LogP contribution in [-0.4, -0.2) is 92.1 Å². The van der Waals surface area contributed by atoms with Crippen LogP contribution in [0, 0.1) is 0 Å². The number of unbranched alkanes of at least 4 members (excludes halogenated alkanes) is 2. The van der Waals surface area contributed by atoms with E-state index in [1.165, 1.54) is 0 Å². The number of hydrogen-bond acceptors (Lipinski definition) is 8. The van der Waals surface area contributed by atoms with Gasteiger partial charge in [0.05, 0.1) is 49.1 Å². The van der Waals surface area contributed by atoms with Crippen molar-refractivity contribution in [2.45, 2.75) is 103 Å². The van der Waals surface area contributed by atoms with Gasteiger partial charge in [-0.15, -0.1) is 0 Å². The molecule has 2 aliphatic rings. The molecule has 242 valence electrons. The smallest absolute Gasteiger partial charge is 0.407 e. The largest absolute Gasteiger partial charge is 0.450 e. The van der Waals surface area contributed by atoms with E-state index in [0.29, 0.717) is 49.3 Å². The van der Waals surface area contributed by atoms with Gasteiger partial charge in [-0.3, -0.25) is 9.59 Å². The van der Waals surface area contributed by atoms with Crippen LogP contribution in [0.4, 0.5) is 9.59 Å². The molecule has 0 radical (unpaired) electrons. The molecule has 2 aromatic rings. The van der Waals surface area contributed by atoms with E-state index < -0.39 is 24.3 Å². The van der Waals surface area contributed by atoms with Gasteiger partial charge in [0.2, 0.25) is 11.8 Å². The van der Waals surface area contributed by atoms with Gasteiger partial charge in [0, 0.05) is 13.1 Å². The number of imidazole rings is 2. The van der Waals surface area contributed by atoms with E-state index in [4.69, 9.17) is 9.47 Å². The van der Waals surface area contributed by atoms with E-state index in [-0.39, 0.29) is 23.9 Å². The molecule has 0 spiro atoms. The van der Waals surface area contributed by atoms with Crippen molar-refractivity contribution in [3.05, 3.63) is 24.0 Å². The van der Waals surface area contributed by atoms with Crippen LogP contribution in [0.2, 0.25) is 0 Å². The Morgan fingerprint density at radius 1 is 0.795 bits per heavy atom. The molecule has 14 heteroatoms. The minimum Gasteiger partial charge on any atom is -0.450 e. The van der Waals surface area contributed by atoms with Gasteiger partial charge < -0.3 is 39.9 Å². The lowest BCUT2D eigenvalue weighted by atomic mass is 10.2. The van der Waals surface area contributed by atoms with Gasteiger partial charge in [-0.2, -0.15) is 0 Å². The zero-order chi connectivity index (χ0) is 31.6. The van der Waals surface area contributed by atoms with Crippen LogP contribution in [0.3, 0.4) is 0 Å². The number of nitrogens with one attached hydrogen (secondary N) is 4. The number of ether oxygens (including phenoxy) is 2. The number of nitrogens with zero attached hydrogens (tertiary/aromatic N) is 4. The number of amides is 4. The standard InChI is InChI=1S/C30H46N8O6/c1-5-7-15-43-29(41)33-19(3)27(39)37-13-9-11-23(37)25-31-17-21(35-25)22-18-32-26(36-22)24-12-10-14-38(24)28(40)20(4)34-30(42)44-16-8-6-2/h17-20,23-24H,5-16H2,1-4H3,(H,31,35)(H,32,36)(H,33,41)(H,34,42)/t19-,20-,23-,24-/m0/s1. The van der Waals surface area contributed by atoms with Crippen LogP contribution < -0.4 is 10.6 Å². The molecule has 0 bridgehead atoms. The summed E-state index contributed by atoms with van der Waals surface area (Å²) in [5, 5.41) is 5.27. The molecule has 0 aliphatic carbocycles. The lowest BCUT2D eigenvalue weighted by Gasteiger charge is -2.26. The first-order valence-electron chi connectivity index (χ1n) is 15.8. The fourth-order valence-electron chi connectivity index (χ4n) is 5.59. The highest BCUT2D eigenvalue weighted by Gasteiger charge is 2.36. The van der Waals surface area contributed by atoms with Gasteiger partial charge in [-0.1, -0.05) is 26.7 Å². The first-order chi connectivity index (χ1) is 21.2. The second kappa shape index (κ2) is 15.6. The third kappa shape index (κ3) is 8.08. The number of carbonyl (C=O) groups excluding carboxylic acids is 4. The van der Waals surface area contributed by atoms with Crippen molar-refractivity contribution in [3.8, 4) is 11.4 Å². The van der Waals surface area contributed by atoms with Crippen molar-refractivity contribution < 1.29 is 28.7 Å². The zero-order valence-corrected chi connectivity index (χ0v) is 26.2. The Hall–Kier alpha value is -4.10. The Balaban J connectivity index is 1.37. The third-order valence-corrected chi connectivity index (χ3v) is 8.06. The number of hydrogen-bond donors (Lipinski definition) is 4.